The average molecular weight is 200 g/mol. The van der Waals surface area contributed by atoms with Crippen LogP contribution in [-0.2, 0) is 9.53 Å². The highest BCUT2D eigenvalue weighted by Gasteiger charge is 2.14. The van der Waals surface area contributed by atoms with Crippen LogP contribution in [0.5, 0.6) is 0 Å². The van der Waals surface area contributed by atoms with Gasteiger partial charge in [-0.1, -0.05) is 6.92 Å². The molecule has 0 bridgehead atoms. The number of carbonyl (C=O) groups is 1. The van der Waals surface area contributed by atoms with Gasteiger partial charge in [-0.05, 0) is 13.3 Å². The van der Waals surface area contributed by atoms with Crippen molar-refractivity contribution in [1.82, 2.24) is 10.2 Å². The number of nitrogens with one attached hydrogen (secondary N) is 1. The molecule has 1 amide bonds. The second-order valence-corrected chi connectivity index (χ2v) is 3.77. The van der Waals surface area contributed by atoms with Gasteiger partial charge >= 0.3 is 0 Å². The van der Waals surface area contributed by atoms with Crippen LogP contribution >= 0.6 is 0 Å². The van der Waals surface area contributed by atoms with Crippen LogP contribution in [0.15, 0.2) is 0 Å². The lowest BCUT2D eigenvalue weighted by atomic mass is 10.2. The minimum Gasteiger partial charge on any atom is -0.379 e. The van der Waals surface area contributed by atoms with Crippen LogP contribution in [-0.4, -0.2) is 49.7 Å². The van der Waals surface area contributed by atoms with Crippen molar-refractivity contribution in [3.05, 3.63) is 0 Å². The van der Waals surface area contributed by atoms with E-state index in [9.17, 15) is 4.79 Å². The molecule has 0 aliphatic carbocycles. The number of ether oxygens (including phenoxy) is 1. The van der Waals surface area contributed by atoms with Gasteiger partial charge in [-0.15, -0.1) is 0 Å². The van der Waals surface area contributed by atoms with Gasteiger partial charge in [0.15, 0.2) is 0 Å². The molecule has 4 nitrogen and oxygen atoms in total. The molecule has 1 saturated heterocycles. The van der Waals surface area contributed by atoms with Gasteiger partial charge in [-0.3, -0.25) is 9.69 Å². The van der Waals surface area contributed by atoms with Crippen molar-refractivity contribution in [2.75, 3.05) is 32.8 Å². The standard InChI is InChI=1S/C10H20N2O2/c1-3-9(2)11-10(13)8-12-4-6-14-7-5-12/h9H,3-8H2,1-2H3,(H,11,13). The van der Waals surface area contributed by atoms with E-state index in [2.05, 4.69) is 17.1 Å². The van der Waals surface area contributed by atoms with Crippen LogP contribution in [0.25, 0.3) is 0 Å². The van der Waals surface area contributed by atoms with E-state index >= 15 is 0 Å². The molecule has 0 radical (unpaired) electrons. The quantitative estimate of drug-likeness (QED) is 0.706. The SMILES string of the molecule is CCC(C)NC(=O)CN1CCOCC1. The molecule has 0 spiro atoms. The third-order valence-electron chi connectivity index (χ3n) is 2.49. The van der Waals surface area contributed by atoms with Gasteiger partial charge in [-0.2, -0.15) is 0 Å². The molecule has 1 atom stereocenters. The van der Waals surface area contributed by atoms with E-state index in [1.54, 1.807) is 0 Å². The Balaban J connectivity index is 2.18. The molecule has 1 fully saturated rings. The Bertz CT molecular complexity index is 179. The van der Waals surface area contributed by atoms with Crippen molar-refractivity contribution in [2.45, 2.75) is 26.3 Å². The number of hydrogen-bond donors (Lipinski definition) is 1. The molecular formula is C10H20N2O2. The highest BCUT2D eigenvalue weighted by molar-refractivity contribution is 5.78. The molecule has 1 unspecified atom stereocenters. The predicted molar refractivity (Wildman–Crippen MR) is 55.2 cm³/mol. The maximum absolute atomic E-state index is 11.5. The third-order valence-corrected chi connectivity index (χ3v) is 2.49. The molecule has 14 heavy (non-hydrogen) atoms. The molecule has 1 N–H and O–H groups in total. The Kier molecular flexibility index (Phi) is 4.90. The molecule has 1 heterocycles. The van der Waals surface area contributed by atoms with Crippen molar-refractivity contribution < 1.29 is 9.53 Å². The minimum atomic E-state index is 0.126. The predicted octanol–water partition coefficient (Wildman–Crippen LogP) is 0.233. The summed E-state index contributed by atoms with van der Waals surface area (Å²) in [4.78, 5) is 13.6. The van der Waals surface area contributed by atoms with E-state index in [1.807, 2.05) is 6.92 Å². The summed E-state index contributed by atoms with van der Waals surface area (Å²) in [5, 5.41) is 2.96. The summed E-state index contributed by atoms with van der Waals surface area (Å²) >= 11 is 0. The van der Waals surface area contributed by atoms with Crippen LogP contribution in [0.1, 0.15) is 20.3 Å². The number of morpholine rings is 1. The van der Waals surface area contributed by atoms with E-state index < -0.39 is 0 Å². The summed E-state index contributed by atoms with van der Waals surface area (Å²) < 4.78 is 5.21. The molecule has 0 aromatic rings. The third kappa shape index (κ3) is 4.07. The molecule has 1 rings (SSSR count). The smallest absolute Gasteiger partial charge is 0.234 e. The fourth-order valence-corrected chi connectivity index (χ4v) is 1.38. The van der Waals surface area contributed by atoms with Crippen molar-refractivity contribution >= 4 is 5.91 Å². The van der Waals surface area contributed by atoms with Crippen LogP contribution < -0.4 is 5.32 Å². The Hall–Kier alpha value is -0.610. The lowest BCUT2D eigenvalue weighted by Crippen LogP contribution is -2.45. The minimum absolute atomic E-state index is 0.126. The number of nitrogens with zero attached hydrogens (tertiary/aromatic N) is 1. The van der Waals surface area contributed by atoms with Gasteiger partial charge in [0, 0.05) is 19.1 Å². The fourth-order valence-electron chi connectivity index (χ4n) is 1.38. The van der Waals surface area contributed by atoms with Gasteiger partial charge < -0.3 is 10.1 Å². The Morgan fingerprint density at radius 2 is 2.14 bits per heavy atom. The van der Waals surface area contributed by atoms with Crippen LogP contribution in [0, 0.1) is 0 Å². The summed E-state index contributed by atoms with van der Waals surface area (Å²) in [7, 11) is 0. The zero-order valence-corrected chi connectivity index (χ0v) is 9.08. The van der Waals surface area contributed by atoms with Gasteiger partial charge in [0.25, 0.3) is 0 Å². The fraction of sp³-hybridized carbons (Fsp3) is 0.900. The van der Waals surface area contributed by atoms with Gasteiger partial charge in [0.2, 0.25) is 5.91 Å². The van der Waals surface area contributed by atoms with Crippen molar-refractivity contribution in [3.8, 4) is 0 Å². The number of carbonyl (C=O) groups excluding carboxylic acids is 1. The summed E-state index contributed by atoms with van der Waals surface area (Å²) in [5.74, 6) is 0.126. The second-order valence-electron chi connectivity index (χ2n) is 3.77. The molecule has 1 aliphatic heterocycles. The first-order chi connectivity index (χ1) is 6.72. The highest BCUT2D eigenvalue weighted by atomic mass is 16.5. The molecule has 0 saturated carbocycles. The van der Waals surface area contributed by atoms with E-state index in [0.29, 0.717) is 6.54 Å². The highest BCUT2D eigenvalue weighted by Crippen LogP contribution is 1.96. The van der Waals surface area contributed by atoms with E-state index in [1.165, 1.54) is 0 Å². The second kappa shape index (κ2) is 5.98. The Labute approximate surface area is 85.6 Å². The molecule has 0 aromatic heterocycles. The molecule has 0 aromatic carbocycles. The van der Waals surface area contributed by atoms with Gasteiger partial charge in [0.1, 0.15) is 0 Å². The monoisotopic (exact) mass is 200 g/mol. The lowest BCUT2D eigenvalue weighted by Gasteiger charge is -2.26. The van der Waals surface area contributed by atoms with Crippen LogP contribution in [0.2, 0.25) is 0 Å². The molecule has 4 heteroatoms. The summed E-state index contributed by atoms with van der Waals surface area (Å²) in [6, 6.07) is 0.281. The lowest BCUT2D eigenvalue weighted by molar-refractivity contribution is -0.123. The summed E-state index contributed by atoms with van der Waals surface area (Å²) in [6.45, 7) is 7.83. The largest absolute Gasteiger partial charge is 0.379 e. The van der Waals surface area contributed by atoms with Crippen LogP contribution in [0.3, 0.4) is 0 Å². The van der Waals surface area contributed by atoms with E-state index in [-0.39, 0.29) is 11.9 Å². The van der Waals surface area contributed by atoms with Gasteiger partial charge in [-0.25, -0.2) is 0 Å². The first-order valence-electron chi connectivity index (χ1n) is 5.32. The van der Waals surface area contributed by atoms with Crippen LogP contribution in [0.4, 0.5) is 0 Å². The zero-order chi connectivity index (χ0) is 10.4. The molecule has 82 valence electrons. The van der Waals surface area contributed by atoms with E-state index in [4.69, 9.17) is 4.74 Å². The first kappa shape index (κ1) is 11.5. The van der Waals surface area contributed by atoms with Crippen molar-refractivity contribution in [3.63, 3.8) is 0 Å². The Morgan fingerprint density at radius 3 is 2.71 bits per heavy atom. The topological polar surface area (TPSA) is 41.6 Å². The first-order valence-corrected chi connectivity index (χ1v) is 5.32. The number of hydrogen-bond acceptors (Lipinski definition) is 3. The normalized spacial score (nSPS) is 20.4. The maximum atomic E-state index is 11.5. The molecule has 1 aliphatic rings. The summed E-state index contributed by atoms with van der Waals surface area (Å²) in [5.41, 5.74) is 0. The average Bonchev–Trinajstić information content (AvgIpc) is 2.19. The molecular weight excluding hydrogens is 180 g/mol. The summed E-state index contributed by atoms with van der Waals surface area (Å²) in [6.07, 6.45) is 0.981. The van der Waals surface area contributed by atoms with E-state index in [0.717, 1.165) is 32.7 Å². The van der Waals surface area contributed by atoms with Crippen molar-refractivity contribution in [2.24, 2.45) is 0 Å². The maximum Gasteiger partial charge on any atom is 0.234 e. The number of amides is 1. The van der Waals surface area contributed by atoms with Crippen molar-refractivity contribution in [1.29, 1.82) is 0 Å². The Morgan fingerprint density at radius 1 is 1.50 bits per heavy atom. The van der Waals surface area contributed by atoms with Gasteiger partial charge in [0.05, 0.1) is 19.8 Å². The zero-order valence-electron chi connectivity index (χ0n) is 9.08. The number of rotatable bonds is 4.